The zero-order valence-electron chi connectivity index (χ0n) is 21.3. The molecule has 2 aliphatic rings. The average molecular weight is 553 g/mol. The molecular formula is C27H26F2N6O3S. The monoisotopic (exact) mass is 552 g/mol. The minimum absolute atomic E-state index is 0.107. The topological polar surface area (TPSA) is 106 Å². The van der Waals surface area contributed by atoms with Crippen molar-refractivity contribution in [1.82, 2.24) is 20.2 Å². The number of rotatable bonds is 9. The van der Waals surface area contributed by atoms with Crippen molar-refractivity contribution in [1.29, 1.82) is 0 Å². The van der Waals surface area contributed by atoms with E-state index in [4.69, 9.17) is 9.47 Å². The number of nitrogens with one attached hydrogen (secondary N) is 1. The van der Waals surface area contributed by atoms with Crippen molar-refractivity contribution in [2.24, 2.45) is 5.92 Å². The zero-order chi connectivity index (χ0) is 27.4. The number of halogens is 2. The van der Waals surface area contributed by atoms with Gasteiger partial charge in [0, 0.05) is 29.4 Å². The van der Waals surface area contributed by atoms with Gasteiger partial charge >= 0.3 is 0 Å². The highest BCUT2D eigenvalue weighted by Gasteiger charge is 2.22. The Bertz CT molecular complexity index is 1460. The van der Waals surface area contributed by atoms with Crippen molar-refractivity contribution in [3.05, 3.63) is 64.7 Å². The lowest BCUT2D eigenvalue weighted by atomic mass is 10.0. The number of alkyl halides is 2. The van der Waals surface area contributed by atoms with E-state index in [9.17, 15) is 13.9 Å². The van der Waals surface area contributed by atoms with E-state index < -0.39 is 12.7 Å². The molecule has 0 saturated heterocycles. The molecule has 1 fully saturated rings. The average Bonchev–Trinajstić information content (AvgIpc) is 3.66. The molecule has 4 heterocycles. The summed E-state index contributed by atoms with van der Waals surface area (Å²) in [5, 5.41) is 23.0. The van der Waals surface area contributed by atoms with Crippen LogP contribution >= 0.6 is 11.3 Å². The summed E-state index contributed by atoms with van der Waals surface area (Å²) in [5.41, 5.74) is 2.11. The molecule has 0 spiro atoms. The predicted octanol–water partition coefficient (Wildman–Crippen LogP) is 4.89. The Kier molecular flexibility index (Phi) is 8.11. The first kappa shape index (κ1) is 26.7. The highest BCUT2D eigenvalue weighted by Crippen LogP contribution is 2.37. The molecule has 1 aliphatic carbocycles. The molecule has 12 heteroatoms. The second-order valence-corrected chi connectivity index (χ2v) is 9.96. The summed E-state index contributed by atoms with van der Waals surface area (Å²) in [4.78, 5) is 9.89. The van der Waals surface area contributed by atoms with Crippen LogP contribution in [0.3, 0.4) is 0 Å². The maximum atomic E-state index is 13.5. The third kappa shape index (κ3) is 6.57. The van der Waals surface area contributed by atoms with Gasteiger partial charge in [-0.15, -0.1) is 10.2 Å². The molecule has 39 heavy (non-hydrogen) atoms. The fourth-order valence-corrected chi connectivity index (χ4v) is 4.40. The third-order valence-electron chi connectivity index (χ3n) is 6.02. The van der Waals surface area contributed by atoms with Gasteiger partial charge in [-0.1, -0.05) is 17.3 Å². The molecule has 1 atom stereocenters. The Morgan fingerprint density at radius 3 is 2.79 bits per heavy atom. The summed E-state index contributed by atoms with van der Waals surface area (Å²) in [6.45, 7) is 2.11. The molecule has 9 nitrogen and oxygen atoms in total. The molecule has 1 saturated carbocycles. The number of nitrogens with zero attached hydrogens (tertiary/aromatic N) is 5. The second-order valence-electron chi connectivity index (χ2n) is 8.98. The lowest BCUT2D eigenvalue weighted by Crippen LogP contribution is -2.31. The van der Waals surface area contributed by atoms with Gasteiger partial charge in [0.2, 0.25) is 5.13 Å². The first-order chi connectivity index (χ1) is 18.9. The first-order valence-corrected chi connectivity index (χ1v) is 13.0. The van der Waals surface area contributed by atoms with Crippen molar-refractivity contribution in [3.63, 3.8) is 0 Å². The Balaban J connectivity index is 1.37. The van der Waals surface area contributed by atoms with Crippen molar-refractivity contribution in [3.8, 4) is 28.7 Å². The van der Waals surface area contributed by atoms with E-state index in [2.05, 4.69) is 37.3 Å². The SMILES string of the molecule is COc1cnc(C(F)F)cc1-c1cc(N2C=CC(C)=CC2O)ncc1COCNc1nnc(C#CC2CC2)s1. The van der Waals surface area contributed by atoms with Gasteiger partial charge in [-0.25, -0.2) is 13.8 Å². The summed E-state index contributed by atoms with van der Waals surface area (Å²) >= 11 is 1.34. The lowest BCUT2D eigenvalue weighted by Gasteiger charge is -2.27. The number of allylic oxidation sites excluding steroid dienone is 2. The van der Waals surface area contributed by atoms with Gasteiger partial charge in [-0.05, 0) is 61.1 Å². The van der Waals surface area contributed by atoms with Crippen LogP contribution in [0, 0.1) is 17.8 Å². The van der Waals surface area contributed by atoms with Crippen LogP contribution in [0.15, 0.2) is 48.5 Å². The van der Waals surface area contributed by atoms with Gasteiger partial charge in [-0.3, -0.25) is 4.98 Å². The van der Waals surface area contributed by atoms with Gasteiger partial charge in [-0.2, -0.15) is 0 Å². The van der Waals surface area contributed by atoms with Crippen LogP contribution in [0.4, 0.5) is 19.7 Å². The lowest BCUT2D eigenvalue weighted by molar-refractivity contribution is 0.138. The molecule has 0 aromatic carbocycles. The van der Waals surface area contributed by atoms with Gasteiger partial charge in [0.25, 0.3) is 6.43 Å². The second kappa shape index (κ2) is 11.9. The van der Waals surface area contributed by atoms with Gasteiger partial charge < -0.3 is 24.8 Å². The van der Waals surface area contributed by atoms with Gasteiger partial charge in [0.1, 0.15) is 24.0 Å². The molecule has 202 valence electrons. The first-order valence-electron chi connectivity index (χ1n) is 12.2. The van der Waals surface area contributed by atoms with Crippen LogP contribution in [-0.2, 0) is 11.3 Å². The Labute approximate surface area is 228 Å². The van der Waals surface area contributed by atoms with E-state index in [0.717, 1.165) is 18.4 Å². The number of hydrogen-bond donors (Lipinski definition) is 2. The molecule has 3 aromatic rings. The molecule has 1 unspecified atom stereocenters. The fraction of sp³-hybridized carbons (Fsp3) is 0.333. The van der Waals surface area contributed by atoms with Crippen LogP contribution in [0.2, 0.25) is 0 Å². The number of pyridine rings is 2. The number of aromatic nitrogens is 4. The summed E-state index contributed by atoms with van der Waals surface area (Å²) in [5.74, 6) is 7.41. The van der Waals surface area contributed by atoms with Gasteiger partial charge in [0.05, 0.1) is 19.9 Å². The Hall–Kier alpha value is -3.92. The van der Waals surface area contributed by atoms with E-state index in [1.807, 2.05) is 13.0 Å². The fourth-order valence-electron chi connectivity index (χ4n) is 3.81. The number of ether oxygens (including phenoxy) is 2. The van der Waals surface area contributed by atoms with E-state index in [0.29, 0.717) is 44.3 Å². The van der Waals surface area contributed by atoms with Crippen LogP contribution < -0.4 is 15.0 Å². The van der Waals surface area contributed by atoms with Crippen LogP contribution in [0.1, 0.15) is 42.5 Å². The summed E-state index contributed by atoms with van der Waals surface area (Å²) < 4.78 is 38.3. The summed E-state index contributed by atoms with van der Waals surface area (Å²) in [7, 11) is 1.45. The largest absolute Gasteiger partial charge is 0.494 e. The number of aliphatic hydroxyl groups excluding tert-OH is 1. The maximum absolute atomic E-state index is 13.5. The number of methoxy groups -OCH3 is 1. The quantitative estimate of drug-likeness (QED) is 0.218. The smallest absolute Gasteiger partial charge is 0.280 e. The Morgan fingerprint density at radius 1 is 1.21 bits per heavy atom. The predicted molar refractivity (Wildman–Crippen MR) is 143 cm³/mol. The molecule has 0 radical (unpaired) electrons. The van der Waals surface area contributed by atoms with Crippen molar-refractivity contribution in [2.45, 2.75) is 39.0 Å². The molecule has 0 bridgehead atoms. The summed E-state index contributed by atoms with van der Waals surface area (Å²) in [6.07, 6.45) is 6.70. The molecule has 1 aliphatic heterocycles. The highest BCUT2D eigenvalue weighted by atomic mass is 32.1. The Morgan fingerprint density at radius 2 is 2.05 bits per heavy atom. The summed E-state index contributed by atoms with van der Waals surface area (Å²) in [6, 6.07) is 3.00. The number of aliphatic hydroxyl groups is 1. The number of hydrogen-bond acceptors (Lipinski definition) is 10. The number of anilines is 2. The van der Waals surface area contributed by atoms with E-state index in [1.165, 1.54) is 30.7 Å². The van der Waals surface area contributed by atoms with Crippen molar-refractivity contribution >= 4 is 22.3 Å². The van der Waals surface area contributed by atoms with Gasteiger partial charge in [0.15, 0.2) is 11.2 Å². The third-order valence-corrected chi connectivity index (χ3v) is 6.82. The molecule has 5 rings (SSSR count). The van der Waals surface area contributed by atoms with Crippen LogP contribution in [0.5, 0.6) is 5.75 Å². The minimum Gasteiger partial charge on any atom is -0.494 e. The minimum atomic E-state index is -2.76. The zero-order valence-corrected chi connectivity index (χ0v) is 22.1. The van der Waals surface area contributed by atoms with Crippen molar-refractivity contribution in [2.75, 3.05) is 24.1 Å². The molecule has 0 amide bonds. The maximum Gasteiger partial charge on any atom is 0.280 e. The molecule has 2 N–H and O–H groups in total. The van der Waals surface area contributed by atoms with Crippen LogP contribution in [-0.4, -0.2) is 45.3 Å². The molecular weight excluding hydrogens is 526 g/mol. The standard InChI is InChI=1S/C27H26F2N6O3S/c1-16-7-8-35(25(36)9-16)23-11-19(20-10-21(26(28)29)30-13-22(20)37-2)18(12-31-23)14-38-15-32-27-34-33-24(39-27)6-5-17-3-4-17/h7-13,17,25-26,36H,3-4,14-15H2,1-2H3,(H,32,34). The van der Waals surface area contributed by atoms with E-state index >= 15 is 0 Å². The van der Waals surface area contributed by atoms with E-state index in [-0.39, 0.29) is 19.0 Å². The normalized spacial score (nSPS) is 16.6. The van der Waals surface area contributed by atoms with Crippen molar-refractivity contribution < 1.29 is 23.4 Å². The van der Waals surface area contributed by atoms with Crippen LogP contribution in [0.25, 0.3) is 11.1 Å². The molecule has 3 aromatic heterocycles. The van der Waals surface area contributed by atoms with E-state index in [1.54, 1.807) is 29.4 Å². The highest BCUT2D eigenvalue weighted by molar-refractivity contribution is 7.15.